The van der Waals surface area contributed by atoms with Gasteiger partial charge in [0, 0.05) is 0 Å². The molecule has 0 aromatic carbocycles. The Hall–Kier alpha value is -0.0200. The molecule has 1 fully saturated rings. The van der Waals surface area contributed by atoms with Crippen molar-refractivity contribution in [2.75, 3.05) is 11.5 Å². The van der Waals surface area contributed by atoms with E-state index in [-0.39, 0.29) is 5.78 Å². The number of ketones is 1. The first-order valence-electron chi connectivity index (χ1n) is 5.53. The molecule has 3 heteroatoms. The second kappa shape index (κ2) is 9.53. The normalized spacial score (nSPS) is 18.1. The smallest absolute Gasteiger partial charge is 0.149 e. The Morgan fingerprint density at radius 3 is 1.71 bits per heavy atom. The zero-order valence-corrected chi connectivity index (χ0v) is 11.0. The Kier molecular flexibility index (Phi) is 11.2. The lowest BCUT2D eigenvalue weighted by Gasteiger charge is -2.30. The molecule has 0 amide bonds. The third-order valence-corrected chi connectivity index (χ3v) is 3.07. The molecule has 0 spiro atoms. The van der Waals surface area contributed by atoms with Gasteiger partial charge in [-0.2, -0.15) is 11.8 Å². The van der Waals surface area contributed by atoms with Gasteiger partial charge in [0.1, 0.15) is 5.78 Å². The van der Waals surface area contributed by atoms with Crippen LogP contribution in [0.2, 0.25) is 0 Å². The van der Waals surface area contributed by atoms with Crippen molar-refractivity contribution in [2.24, 2.45) is 5.73 Å². The second-order valence-electron chi connectivity index (χ2n) is 2.82. The summed E-state index contributed by atoms with van der Waals surface area (Å²) in [5.74, 6) is 2.22. The maximum Gasteiger partial charge on any atom is 0.149 e. The molecule has 0 aromatic rings. The lowest BCUT2D eigenvalue weighted by Crippen LogP contribution is -2.49. The molecule has 2 N–H and O–H groups in total. The van der Waals surface area contributed by atoms with E-state index in [9.17, 15) is 4.79 Å². The lowest BCUT2D eigenvalue weighted by molar-refractivity contribution is -0.122. The van der Waals surface area contributed by atoms with E-state index >= 15 is 0 Å². The van der Waals surface area contributed by atoms with Crippen LogP contribution in [0.1, 0.15) is 47.5 Å². The summed E-state index contributed by atoms with van der Waals surface area (Å²) in [7, 11) is 0. The van der Waals surface area contributed by atoms with Crippen LogP contribution in [-0.4, -0.2) is 22.8 Å². The van der Waals surface area contributed by atoms with Crippen LogP contribution in [0.3, 0.4) is 0 Å². The number of carbonyl (C=O) groups excluding carboxylic acids is 1. The fourth-order valence-corrected chi connectivity index (χ4v) is 2.31. The first-order valence-corrected chi connectivity index (χ1v) is 6.68. The van der Waals surface area contributed by atoms with Gasteiger partial charge in [-0.15, -0.1) is 0 Å². The molecule has 0 unspecified atom stereocenters. The monoisotopic (exact) mass is 219 g/mol. The molecular formula is C11H25NOS. The van der Waals surface area contributed by atoms with Crippen LogP contribution in [0.25, 0.3) is 0 Å². The van der Waals surface area contributed by atoms with Crippen LogP contribution in [0, 0.1) is 0 Å². The summed E-state index contributed by atoms with van der Waals surface area (Å²) < 4.78 is 0. The summed E-state index contributed by atoms with van der Waals surface area (Å²) in [4.78, 5) is 11.0. The summed E-state index contributed by atoms with van der Waals surface area (Å²) in [5.41, 5.74) is 5.36. The molecule has 2 nitrogen and oxygen atoms in total. The zero-order chi connectivity index (χ0) is 11.6. The molecule has 1 aliphatic heterocycles. The van der Waals surface area contributed by atoms with Crippen molar-refractivity contribution in [2.45, 2.75) is 53.0 Å². The quantitative estimate of drug-likeness (QED) is 0.737. The fourth-order valence-electron chi connectivity index (χ4n) is 1.09. The Morgan fingerprint density at radius 2 is 1.50 bits per heavy atom. The number of thioether (sulfide) groups is 1. The van der Waals surface area contributed by atoms with Crippen LogP contribution in [0.5, 0.6) is 0 Å². The molecule has 1 heterocycles. The number of hydrogen-bond donors (Lipinski definition) is 1. The molecule has 0 radical (unpaired) electrons. The van der Waals surface area contributed by atoms with Crippen molar-refractivity contribution < 1.29 is 4.79 Å². The summed E-state index contributed by atoms with van der Waals surface area (Å²) in [5, 5.41) is 0. The maximum absolute atomic E-state index is 11.0. The van der Waals surface area contributed by atoms with E-state index in [1.54, 1.807) is 6.92 Å². The Labute approximate surface area is 93.0 Å². The number of carbonyl (C=O) groups is 1. The Balaban J connectivity index is 0. The van der Waals surface area contributed by atoms with Crippen LogP contribution in [0.4, 0.5) is 0 Å². The van der Waals surface area contributed by atoms with Crippen LogP contribution < -0.4 is 5.73 Å². The van der Waals surface area contributed by atoms with Crippen LogP contribution in [0.15, 0.2) is 0 Å². The van der Waals surface area contributed by atoms with Crippen molar-refractivity contribution in [3.63, 3.8) is 0 Å². The predicted molar refractivity (Wildman–Crippen MR) is 66.9 cm³/mol. The third-order valence-electron chi connectivity index (χ3n) is 2.09. The minimum Gasteiger partial charge on any atom is -0.319 e. The highest BCUT2D eigenvalue weighted by molar-refractivity contribution is 7.99. The van der Waals surface area contributed by atoms with Gasteiger partial charge in [0.2, 0.25) is 0 Å². The molecule has 1 rings (SSSR count). The highest BCUT2D eigenvalue weighted by Crippen LogP contribution is 2.25. The van der Waals surface area contributed by atoms with E-state index in [2.05, 4.69) is 0 Å². The summed E-state index contributed by atoms with van der Waals surface area (Å²) in [6.07, 6.45) is 1.71. The first kappa shape index (κ1) is 16.4. The standard InChI is InChI=1S/C7H13NOS.2C2H6/c1-6(9)7(8)2-4-10-5-3-7;2*1-2/h2-5,8H2,1H3;2*1-2H3. The van der Waals surface area contributed by atoms with Crippen LogP contribution in [-0.2, 0) is 4.79 Å². The van der Waals surface area contributed by atoms with E-state index in [0.29, 0.717) is 0 Å². The summed E-state index contributed by atoms with van der Waals surface area (Å²) >= 11 is 1.88. The molecule has 0 bridgehead atoms. The highest BCUT2D eigenvalue weighted by atomic mass is 32.2. The van der Waals surface area contributed by atoms with Crippen LogP contribution >= 0.6 is 11.8 Å². The minimum atomic E-state index is -0.481. The predicted octanol–water partition coefficient (Wildman–Crippen LogP) is 2.85. The molecule has 14 heavy (non-hydrogen) atoms. The molecule has 1 aliphatic rings. The van der Waals surface area contributed by atoms with Gasteiger partial charge in [-0.25, -0.2) is 0 Å². The van der Waals surface area contributed by atoms with E-state index in [1.165, 1.54) is 0 Å². The minimum absolute atomic E-state index is 0.146. The van der Waals surface area contributed by atoms with Gasteiger partial charge in [-0.05, 0) is 31.3 Å². The average molecular weight is 219 g/mol. The molecule has 0 aliphatic carbocycles. The largest absolute Gasteiger partial charge is 0.319 e. The number of rotatable bonds is 1. The Morgan fingerprint density at radius 1 is 1.14 bits per heavy atom. The van der Waals surface area contributed by atoms with Gasteiger partial charge < -0.3 is 5.73 Å². The fraction of sp³-hybridized carbons (Fsp3) is 0.909. The topological polar surface area (TPSA) is 43.1 Å². The number of hydrogen-bond acceptors (Lipinski definition) is 3. The van der Waals surface area contributed by atoms with Crippen molar-refractivity contribution in [3.05, 3.63) is 0 Å². The van der Waals surface area contributed by atoms with E-state index < -0.39 is 5.54 Å². The third kappa shape index (κ3) is 5.66. The zero-order valence-electron chi connectivity index (χ0n) is 10.2. The molecule has 86 valence electrons. The molecule has 0 aromatic heterocycles. The van der Waals surface area contributed by atoms with E-state index in [4.69, 9.17) is 5.73 Å². The molecular weight excluding hydrogens is 194 g/mol. The lowest BCUT2D eigenvalue weighted by atomic mass is 9.90. The van der Waals surface area contributed by atoms with Gasteiger partial charge >= 0.3 is 0 Å². The van der Waals surface area contributed by atoms with Crippen molar-refractivity contribution in [1.82, 2.24) is 0 Å². The SMILES string of the molecule is CC.CC.CC(=O)C1(N)CCSCC1. The van der Waals surface area contributed by atoms with Gasteiger partial charge in [0.25, 0.3) is 0 Å². The van der Waals surface area contributed by atoms with Gasteiger partial charge in [-0.1, -0.05) is 27.7 Å². The summed E-state index contributed by atoms with van der Waals surface area (Å²) in [6.45, 7) is 9.59. The van der Waals surface area contributed by atoms with E-state index in [0.717, 1.165) is 24.3 Å². The van der Waals surface area contributed by atoms with E-state index in [1.807, 2.05) is 39.5 Å². The van der Waals surface area contributed by atoms with Crippen molar-refractivity contribution in [1.29, 1.82) is 0 Å². The number of nitrogens with two attached hydrogens (primary N) is 1. The number of Topliss-reactive ketones (excluding diaryl/α,β-unsaturated/α-hetero) is 1. The van der Waals surface area contributed by atoms with Crippen molar-refractivity contribution in [3.8, 4) is 0 Å². The highest BCUT2D eigenvalue weighted by Gasteiger charge is 2.31. The van der Waals surface area contributed by atoms with Crippen molar-refractivity contribution >= 4 is 17.5 Å². The maximum atomic E-state index is 11.0. The average Bonchev–Trinajstić information content (AvgIpc) is 2.25. The molecule has 0 atom stereocenters. The molecule has 0 saturated carbocycles. The summed E-state index contributed by atoms with van der Waals surface area (Å²) in [6, 6.07) is 0. The molecule has 1 saturated heterocycles. The second-order valence-corrected chi connectivity index (χ2v) is 4.05. The van der Waals surface area contributed by atoms with Gasteiger partial charge in [-0.3, -0.25) is 4.79 Å². The van der Waals surface area contributed by atoms with Gasteiger partial charge in [0.15, 0.2) is 0 Å². The first-order chi connectivity index (χ1) is 6.65. The van der Waals surface area contributed by atoms with Gasteiger partial charge in [0.05, 0.1) is 5.54 Å². The Bertz CT molecular complexity index is 142.